The van der Waals surface area contributed by atoms with Crippen LogP contribution in [-0.4, -0.2) is 69.1 Å². The first-order valence-corrected chi connectivity index (χ1v) is 12.0. The first-order chi connectivity index (χ1) is 15.2. The van der Waals surface area contributed by atoms with Crippen LogP contribution in [0.2, 0.25) is 0 Å². The van der Waals surface area contributed by atoms with Gasteiger partial charge in [-0.05, 0) is 31.2 Å². The molecule has 6 N–H and O–H groups in total. The van der Waals surface area contributed by atoms with Crippen LogP contribution in [0.5, 0.6) is 0 Å². The van der Waals surface area contributed by atoms with Crippen LogP contribution in [0.1, 0.15) is 31.2 Å². The van der Waals surface area contributed by atoms with Crippen LogP contribution in [0, 0.1) is 0 Å². The summed E-state index contributed by atoms with van der Waals surface area (Å²) in [6.07, 6.45) is 2.36. The normalized spacial score (nSPS) is 17.4. The molecule has 1 aliphatic heterocycles. The van der Waals surface area contributed by atoms with E-state index >= 15 is 0 Å². The number of carbonyl (C=O) groups is 3. The molecule has 0 bridgehead atoms. The lowest BCUT2D eigenvalue weighted by atomic mass is 10.1. The van der Waals surface area contributed by atoms with Gasteiger partial charge in [-0.2, -0.15) is 0 Å². The van der Waals surface area contributed by atoms with Gasteiger partial charge in [0.2, 0.25) is 21.8 Å². The van der Waals surface area contributed by atoms with Crippen molar-refractivity contribution >= 4 is 34.1 Å². The van der Waals surface area contributed by atoms with Crippen LogP contribution in [0.15, 0.2) is 35.3 Å². The highest BCUT2D eigenvalue weighted by Crippen LogP contribution is 2.14. The molecule has 1 aromatic carbocycles. The number of nitrogens with two attached hydrogens (primary N) is 2. The Hall–Kier alpha value is -2.99. The number of likely N-dealkylation sites (tertiary alicyclic amines) is 1. The minimum absolute atomic E-state index is 0.0470. The number of amides is 2. The number of hydrogen-bond acceptors (Lipinski definition) is 6. The van der Waals surface area contributed by atoms with Gasteiger partial charge < -0.3 is 26.5 Å². The highest BCUT2D eigenvalue weighted by Gasteiger charge is 2.33. The van der Waals surface area contributed by atoms with Crippen molar-refractivity contribution in [3.05, 3.63) is 35.9 Å². The number of sulfonamides is 1. The summed E-state index contributed by atoms with van der Waals surface area (Å²) in [5, 5.41) is 2.57. The molecule has 1 aromatic rings. The molecular weight excluding hydrogens is 436 g/mol. The molecule has 2 atom stereocenters. The Morgan fingerprint density at radius 3 is 2.66 bits per heavy atom. The maximum atomic E-state index is 12.7. The first kappa shape index (κ1) is 25.3. The lowest BCUT2D eigenvalue weighted by Gasteiger charge is -2.32. The Morgan fingerprint density at radius 1 is 1.28 bits per heavy atom. The molecule has 0 aliphatic carbocycles. The molecule has 176 valence electrons. The van der Waals surface area contributed by atoms with Crippen molar-refractivity contribution in [1.82, 2.24) is 14.9 Å². The lowest BCUT2D eigenvalue weighted by molar-refractivity contribution is -0.139. The fraction of sp³-hybridized carbons (Fsp3) is 0.500. The molecule has 0 aromatic heterocycles. The van der Waals surface area contributed by atoms with E-state index in [-0.39, 0.29) is 18.3 Å². The molecule has 11 nitrogen and oxygen atoms in total. The minimum Gasteiger partial charge on any atom is -0.370 e. The maximum Gasteiger partial charge on any atom is 0.241 e. The number of carbonyl (C=O) groups excluding carboxylic acids is 3. The summed E-state index contributed by atoms with van der Waals surface area (Å²) in [7, 11) is -3.73. The Morgan fingerprint density at radius 2 is 2.00 bits per heavy atom. The molecule has 2 rings (SSSR count). The lowest BCUT2D eigenvalue weighted by Crippen LogP contribution is -2.55. The smallest absolute Gasteiger partial charge is 0.241 e. The summed E-state index contributed by atoms with van der Waals surface area (Å²) in [5.41, 5.74) is 11.1. The van der Waals surface area contributed by atoms with E-state index in [9.17, 15) is 22.8 Å². The summed E-state index contributed by atoms with van der Waals surface area (Å²) >= 11 is 0. The number of hydrogen-bond donors (Lipinski definition) is 4. The number of nitrogens with one attached hydrogen (secondary N) is 2. The van der Waals surface area contributed by atoms with Crippen molar-refractivity contribution in [3.63, 3.8) is 0 Å². The number of benzene rings is 1. The third kappa shape index (κ3) is 8.63. The van der Waals surface area contributed by atoms with Gasteiger partial charge in [-0.1, -0.05) is 30.3 Å². The van der Waals surface area contributed by atoms with Crippen molar-refractivity contribution in [3.8, 4) is 0 Å². The molecule has 1 saturated heterocycles. The minimum atomic E-state index is -3.73. The van der Waals surface area contributed by atoms with E-state index in [1.165, 1.54) is 4.90 Å². The predicted octanol–water partition coefficient (Wildman–Crippen LogP) is -1.17. The number of aldehydes is 1. The highest BCUT2D eigenvalue weighted by atomic mass is 32.2. The van der Waals surface area contributed by atoms with E-state index in [1.54, 1.807) is 30.3 Å². The fourth-order valence-corrected chi connectivity index (χ4v) is 4.74. The Kier molecular flexibility index (Phi) is 9.60. The number of aliphatic imine (C=N–C) groups is 1. The molecule has 0 saturated carbocycles. The molecular formula is C20H30N6O5S. The molecule has 12 heteroatoms. The Balaban J connectivity index is 1.87. The first-order valence-electron chi connectivity index (χ1n) is 10.3. The van der Waals surface area contributed by atoms with Crippen LogP contribution in [0.4, 0.5) is 0 Å². The highest BCUT2D eigenvalue weighted by molar-refractivity contribution is 7.88. The number of guanidine groups is 1. The van der Waals surface area contributed by atoms with E-state index in [0.29, 0.717) is 50.6 Å². The standard InChI is InChI=1S/C20H30N6O5S/c21-20(22)23-10-4-8-16(13-27)24-18(28)12-26-11-5-9-17(19(26)29)25-32(30,31)14-15-6-2-1-3-7-15/h1-3,6-7,13,16-17,25H,4-5,8-12,14H2,(H,24,28)(H4,21,22,23). The van der Waals surface area contributed by atoms with Gasteiger partial charge in [-0.25, -0.2) is 13.1 Å². The molecule has 2 amide bonds. The summed E-state index contributed by atoms with van der Waals surface area (Å²) in [6.45, 7) is 0.408. The van der Waals surface area contributed by atoms with E-state index in [4.69, 9.17) is 11.5 Å². The topological polar surface area (TPSA) is 177 Å². The van der Waals surface area contributed by atoms with Crippen molar-refractivity contribution < 1.29 is 22.8 Å². The summed E-state index contributed by atoms with van der Waals surface area (Å²) in [4.78, 5) is 41.4. The molecule has 1 aliphatic rings. The van der Waals surface area contributed by atoms with Crippen LogP contribution in [0.25, 0.3) is 0 Å². The van der Waals surface area contributed by atoms with Gasteiger partial charge in [-0.3, -0.25) is 14.6 Å². The van der Waals surface area contributed by atoms with E-state index in [1.807, 2.05) is 0 Å². The number of piperidine rings is 1. The average Bonchev–Trinajstić information content (AvgIpc) is 2.73. The molecule has 0 radical (unpaired) electrons. The van der Waals surface area contributed by atoms with Crippen LogP contribution >= 0.6 is 0 Å². The predicted molar refractivity (Wildman–Crippen MR) is 120 cm³/mol. The van der Waals surface area contributed by atoms with E-state index < -0.39 is 33.9 Å². The summed E-state index contributed by atoms with van der Waals surface area (Å²) in [5.74, 6) is -1.24. The maximum absolute atomic E-state index is 12.7. The van der Waals surface area contributed by atoms with Crippen LogP contribution < -0.4 is 21.5 Å². The third-order valence-electron chi connectivity index (χ3n) is 4.86. The molecule has 0 spiro atoms. The summed E-state index contributed by atoms with van der Waals surface area (Å²) < 4.78 is 27.4. The van der Waals surface area contributed by atoms with Gasteiger partial charge in [-0.15, -0.1) is 0 Å². The van der Waals surface area contributed by atoms with Gasteiger partial charge >= 0.3 is 0 Å². The van der Waals surface area contributed by atoms with Gasteiger partial charge in [0.05, 0.1) is 18.3 Å². The molecule has 1 heterocycles. The van der Waals surface area contributed by atoms with Crippen molar-refractivity contribution in [2.24, 2.45) is 16.5 Å². The second kappa shape index (κ2) is 12.2. The van der Waals surface area contributed by atoms with Crippen molar-refractivity contribution in [2.75, 3.05) is 19.6 Å². The molecule has 1 fully saturated rings. The third-order valence-corrected chi connectivity index (χ3v) is 6.22. The van der Waals surface area contributed by atoms with E-state index in [2.05, 4.69) is 15.0 Å². The van der Waals surface area contributed by atoms with Gasteiger partial charge in [0.1, 0.15) is 12.3 Å². The molecule has 32 heavy (non-hydrogen) atoms. The quantitative estimate of drug-likeness (QED) is 0.130. The van der Waals surface area contributed by atoms with Crippen LogP contribution in [0.3, 0.4) is 0 Å². The van der Waals surface area contributed by atoms with Gasteiger partial charge in [0.25, 0.3) is 0 Å². The second-order valence-electron chi connectivity index (χ2n) is 7.58. The Bertz CT molecular complexity index is 918. The Labute approximate surface area is 187 Å². The monoisotopic (exact) mass is 466 g/mol. The zero-order valence-corrected chi connectivity index (χ0v) is 18.6. The largest absolute Gasteiger partial charge is 0.370 e. The second-order valence-corrected chi connectivity index (χ2v) is 9.33. The average molecular weight is 467 g/mol. The fourth-order valence-electron chi connectivity index (χ4n) is 3.38. The van der Waals surface area contributed by atoms with Gasteiger partial charge in [0, 0.05) is 13.1 Å². The zero-order chi connectivity index (χ0) is 23.6. The van der Waals surface area contributed by atoms with Crippen molar-refractivity contribution in [1.29, 1.82) is 0 Å². The number of nitrogens with zero attached hydrogens (tertiary/aromatic N) is 2. The van der Waals surface area contributed by atoms with E-state index in [0.717, 1.165) is 0 Å². The SMILES string of the molecule is NC(N)=NCCCC(C=O)NC(=O)CN1CCCC(NS(=O)(=O)Cc2ccccc2)C1=O. The summed E-state index contributed by atoms with van der Waals surface area (Å²) in [6, 6.07) is 7.01. The van der Waals surface area contributed by atoms with Crippen molar-refractivity contribution in [2.45, 2.75) is 43.5 Å². The zero-order valence-electron chi connectivity index (χ0n) is 17.8. The number of rotatable bonds is 12. The molecule has 2 unspecified atom stereocenters. The van der Waals surface area contributed by atoms with Crippen LogP contribution in [-0.2, 0) is 30.2 Å². The van der Waals surface area contributed by atoms with Gasteiger partial charge in [0.15, 0.2) is 5.96 Å².